The number of fused-ring (bicyclic) bond motifs is 5. The van der Waals surface area contributed by atoms with E-state index >= 15 is 0 Å². The van der Waals surface area contributed by atoms with Crippen molar-refractivity contribution in [3.8, 4) is 0 Å². The molecule has 4 saturated carbocycles. The monoisotopic (exact) mass is 457 g/mol. The first-order valence-corrected chi connectivity index (χ1v) is 13.6. The number of aliphatic hydroxyl groups is 1. The maximum absolute atomic E-state index is 11.9. The molecule has 5 nitrogen and oxygen atoms in total. The van der Waals surface area contributed by atoms with E-state index in [0.717, 1.165) is 48.9 Å². The van der Waals surface area contributed by atoms with E-state index < -0.39 is 11.6 Å². The normalized spacial score (nSPS) is 43.3. The number of carbonyl (C=O) groups is 1. The Morgan fingerprint density at radius 2 is 1.94 bits per heavy atom. The zero-order valence-corrected chi connectivity index (χ0v) is 21.0. The number of ether oxygens (including phenoxy) is 1. The summed E-state index contributed by atoms with van der Waals surface area (Å²) >= 11 is 0. The highest BCUT2D eigenvalue weighted by atomic mass is 16.5. The van der Waals surface area contributed by atoms with Crippen molar-refractivity contribution in [3.05, 3.63) is 17.8 Å². The van der Waals surface area contributed by atoms with E-state index in [1.807, 2.05) is 0 Å². The first kappa shape index (κ1) is 23.4. The predicted molar refractivity (Wildman–Crippen MR) is 127 cm³/mol. The fourth-order valence-electron chi connectivity index (χ4n) is 9.18. The third-order valence-electron chi connectivity index (χ3n) is 10.5. The summed E-state index contributed by atoms with van der Waals surface area (Å²) < 4.78 is 10.8. The summed E-state index contributed by atoms with van der Waals surface area (Å²) in [6, 6.07) is 0. The lowest BCUT2D eigenvalue weighted by Gasteiger charge is -2.57. The molecule has 4 aliphatic carbocycles. The Bertz CT molecular complexity index is 862. The van der Waals surface area contributed by atoms with Crippen LogP contribution in [0.5, 0.6) is 0 Å². The summed E-state index contributed by atoms with van der Waals surface area (Å²) in [5, 5.41) is 10.6. The van der Waals surface area contributed by atoms with Crippen molar-refractivity contribution in [2.45, 2.75) is 97.5 Å². The minimum Gasteiger partial charge on any atom is -0.460 e. The fourth-order valence-corrected chi connectivity index (χ4v) is 9.18. The van der Waals surface area contributed by atoms with Gasteiger partial charge in [-0.25, -0.2) is 9.78 Å². The highest BCUT2D eigenvalue weighted by Crippen LogP contribution is 2.65. The average Bonchev–Trinajstić information content (AvgIpc) is 3.37. The van der Waals surface area contributed by atoms with Crippen LogP contribution < -0.4 is 0 Å². The van der Waals surface area contributed by atoms with Crippen LogP contribution >= 0.6 is 0 Å². The molecule has 1 heterocycles. The molecule has 1 aromatic rings. The van der Waals surface area contributed by atoms with Crippen LogP contribution in [-0.2, 0) is 11.2 Å². The second-order valence-electron chi connectivity index (χ2n) is 12.4. The SMILES string of the molecule is CCOC(=O)c1cnc(C[C@H](C)[C@H]2CC[C@H]3[C@@H]4CC[C@H]5C[C@](C)(O)CC[C@@H]5[C@H]4CC[C@]23C)o1. The van der Waals surface area contributed by atoms with Gasteiger partial charge in [0.15, 0.2) is 5.89 Å². The number of aromatic nitrogens is 1. The quantitative estimate of drug-likeness (QED) is 0.545. The third kappa shape index (κ3) is 4.17. The highest BCUT2D eigenvalue weighted by Gasteiger charge is 2.58. The molecule has 0 amide bonds. The van der Waals surface area contributed by atoms with Crippen LogP contribution in [0.2, 0.25) is 0 Å². The van der Waals surface area contributed by atoms with Gasteiger partial charge in [0.05, 0.1) is 18.4 Å². The average molecular weight is 458 g/mol. The van der Waals surface area contributed by atoms with Crippen LogP contribution in [0.3, 0.4) is 0 Å². The summed E-state index contributed by atoms with van der Waals surface area (Å²) in [5.74, 6) is 5.83. The maximum Gasteiger partial charge on any atom is 0.375 e. The Kier molecular flexibility index (Phi) is 6.16. The van der Waals surface area contributed by atoms with Gasteiger partial charge in [0, 0.05) is 6.42 Å². The molecule has 9 atom stereocenters. The number of carbonyl (C=O) groups excluding carboxylic acids is 1. The third-order valence-corrected chi connectivity index (χ3v) is 10.5. The van der Waals surface area contributed by atoms with Gasteiger partial charge in [0.2, 0.25) is 5.76 Å². The van der Waals surface area contributed by atoms with Crippen LogP contribution in [0.1, 0.15) is 102 Å². The Morgan fingerprint density at radius 3 is 2.73 bits per heavy atom. The van der Waals surface area contributed by atoms with Gasteiger partial charge in [-0.05, 0) is 118 Å². The number of rotatable bonds is 5. The number of nitrogens with zero attached hydrogens (tertiary/aromatic N) is 1. The fraction of sp³-hybridized carbons (Fsp3) is 0.857. The standard InChI is InChI=1S/C28H43NO4/c1-5-32-26(30)24-16-29-25(33-24)14-17(2)22-8-9-23-21-7-6-18-15-27(3,31)12-10-19(18)20(21)11-13-28(22,23)4/h16-23,31H,5-15H2,1-4H3/t17-,18-,19-,20+,21+,22+,23-,27+,28+/m0/s1. The number of hydrogen-bond donors (Lipinski definition) is 1. The molecule has 0 unspecified atom stereocenters. The molecule has 1 N–H and O–H groups in total. The van der Waals surface area contributed by atoms with Crippen molar-refractivity contribution in [2.24, 2.45) is 46.8 Å². The van der Waals surface area contributed by atoms with Gasteiger partial charge >= 0.3 is 5.97 Å². The molecule has 184 valence electrons. The van der Waals surface area contributed by atoms with Gasteiger partial charge in [-0.1, -0.05) is 13.8 Å². The predicted octanol–water partition coefficient (Wildman–Crippen LogP) is 6.05. The lowest BCUT2D eigenvalue weighted by Crippen LogP contribution is -2.50. The minimum atomic E-state index is -0.432. The summed E-state index contributed by atoms with van der Waals surface area (Å²) in [7, 11) is 0. The van der Waals surface area contributed by atoms with Gasteiger partial charge in [-0.3, -0.25) is 0 Å². The van der Waals surface area contributed by atoms with Crippen molar-refractivity contribution >= 4 is 5.97 Å². The first-order valence-electron chi connectivity index (χ1n) is 13.6. The van der Waals surface area contributed by atoms with E-state index in [9.17, 15) is 9.90 Å². The molecule has 0 aliphatic heterocycles. The van der Waals surface area contributed by atoms with E-state index in [2.05, 4.69) is 25.8 Å². The smallest absolute Gasteiger partial charge is 0.375 e. The van der Waals surface area contributed by atoms with E-state index in [1.165, 1.54) is 51.1 Å². The first-order chi connectivity index (χ1) is 15.7. The van der Waals surface area contributed by atoms with Crippen molar-refractivity contribution in [3.63, 3.8) is 0 Å². The molecule has 4 aliphatic rings. The number of oxazole rings is 1. The summed E-state index contributed by atoms with van der Waals surface area (Å²) in [4.78, 5) is 16.3. The summed E-state index contributed by atoms with van der Waals surface area (Å²) in [6.07, 6.45) is 13.6. The van der Waals surface area contributed by atoms with Crippen molar-refractivity contribution < 1.29 is 19.1 Å². The van der Waals surface area contributed by atoms with Crippen LogP contribution in [0, 0.1) is 46.8 Å². The summed E-state index contributed by atoms with van der Waals surface area (Å²) in [5.41, 5.74) is -0.0256. The largest absolute Gasteiger partial charge is 0.460 e. The van der Waals surface area contributed by atoms with Crippen molar-refractivity contribution in [1.29, 1.82) is 0 Å². The van der Waals surface area contributed by atoms with E-state index in [1.54, 1.807) is 6.92 Å². The topological polar surface area (TPSA) is 72.6 Å². The van der Waals surface area contributed by atoms with E-state index in [4.69, 9.17) is 9.15 Å². The zero-order chi connectivity index (χ0) is 23.4. The Hall–Kier alpha value is -1.36. The van der Waals surface area contributed by atoms with Gasteiger partial charge in [0.1, 0.15) is 0 Å². The molecule has 0 spiro atoms. The van der Waals surface area contributed by atoms with Gasteiger partial charge in [-0.15, -0.1) is 0 Å². The van der Waals surface area contributed by atoms with Crippen LogP contribution in [0.4, 0.5) is 0 Å². The van der Waals surface area contributed by atoms with Crippen LogP contribution in [0.25, 0.3) is 0 Å². The Morgan fingerprint density at radius 1 is 1.15 bits per heavy atom. The Labute approximate surface area is 199 Å². The molecule has 5 rings (SSSR count). The Balaban J connectivity index is 1.26. The summed E-state index contributed by atoms with van der Waals surface area (Å²) in [6.45, 7) is 9.14. The molecular formula is C28H43NO4. The molecule has 4 fully saturated rings. The van der Waals surface area contributed by atoms with E-state index in [0.29, 0.717) is 29.7 Å². The molecule has 0 radical (unpaired) electrons. The molecule has 5 heteroatoms. The molecule has 0 bridgehead atoms. The highest BCUT2D eigenvalue weighted by molar-refractivity contribution is 5.85. The maximum atomic E-state index is 11.9. The molecule has 33 heavy (non-hydrogen) atoms. The minimum absolute atomic E-state index is 0.221. The zero-order valence-electron chi connectivity index (χ0n) is 21.0. The van der Waals surface area contributed by atoms with Gasteiger partial charge in [-0.2, -0.15) is 0 Å². The second-order valence-corrected chi connectivity index (χ2v) is 12.4. The lowest BCUT2D eigenvalue weighted by molar-refractivity contribution is -0.102. The van der Waals surface area contributed by atoms with E-state index in [-0.39, 0.29) is 5.76 Å². The van der Waals surface area contributed by atoms with Crippen molar-refractivity contribution in [1.82, 2.24) is 4.98 Å². The molecular weight excluding hydrogens is 414 g/mol. The lowest BCUT2D eigenvalue weighted by atomic mass is 9.48. The number of esters is 1. The number of hydrogen-bond acceptors (Lipinski definition) is 5. The van der Waals surface area contributed by atoms with Gasteiger partial charge < -0.3 is 14.3 Å². The molecule has 0 saturated heterocycles. The second kappa shape index (κ2) is 8.70. The molecule has 1 aromatic heterocycles. The molecule has 0 aromatic carbocycles. The van der Waals surface area contributed by atoms with Crippen LogP contribution in [0.15, 0.2) is 10.6 Å². The van der Waals surface area contributed by atoms with Gasteiger partial charge in [0.25, 0.3) is 0 Å². The van der Waals surface area contributed by atoms with Crippen molar-refractivity contribution in [2.75, 3.05) is 6.61 Å². The van der Waals surface area contributed by atoms with Crippen LogP contribution in [-0.4, -0.2) is 28.3 Å².